The first-order chi connectivity index (χ1) is 9.92. The number of rotatable bonds is 5. The van der Waals surface area contributed by atoms with Crippen LogP contribution in [0.2, 0.25) is 18.1 Å². The highest BCUT2D eigenvalue weighted by Crippen LogP contribution is 2.40. The van der Waals surface area contributed by atoms with Gasteiger partial charge in [-0.2, -0.15) is 0 Å². The Morgan fingerprint density at radius 1 is 1.45 bits per heavy atom. The van der Waals surface area contributed by atoms with Crippen molar-refractivity contribution in [1.82, 2.24) is 4.90 Å². The second kappa shape index (κ2) is 6.48. The van der Waals surface area contributed by atoms with Gasteiger partial charge in [0.25, 0.3) is 8.32 Å². The van der Waals surface area contributed by atoms with Crippen molar-refractivity contribution in [1.29, 1.82) is 0 Å². The largest absolute Gasteiger partial charge is 0.531 e. The van der Waals surface area contributed by atoms with Crippen molar-refractivity contribution in [2.75, 3.05) is 6.61 Å². The molecule has 1 saturated heterocycles. The van der Waals surface area contributed by atoms with Crippen LogP contribution < -0.4 is 0 Å². The van der Waals surface area contributed by atoms with Gasteiger partial charge >= 0.3 is 6.09 Å². The number of cyclic esters (lactones) is 1. The minimum Gasteiger partial charge on any atom is -0.531 e. The summed E-state index contributed by atoms with van der Waals surface area (Å²) in [6, 6.07) is 0.00201. The van der Waals surface area contributed by atoms with E-state index in [0.29, 0.717) is 18.4 Å². The van der Waals surface area contributed by atoms with Crippen molar-refractivity contribution in [3.8, 4) is 0 Å². The van der Waals surface area contributed by atoms with Gasteiger partial charge in [0.2, 0.25) is 0 Å². The molecule has 0 aromatic carbocycles. The van der Waals surface area contributed by atoms with Crippen LogP contribution in [0.1, 0.15) is 41.5 Å². The van der Waals surface area contributed by atoms with Crippen molar-refractivity contribution in [2.24, 2.45) is 5.92 Å². The molecule has 0 aromatic rings. The Morgan fingerprint density at radius 3 is 2.41 bits per heavy atom. The molecule has 1 atom stereocenters. The first-order valence-electron chi connectivity index (χ1n) is 7.90. The van der Waals surface area contributed by atoms with E-state index >= 15 is 0 Å². The van der Waals surface area contributed by atoms with Crippen molar-refractivity contribution in [2.45, 2.75) is 65.7 Å². The number of ether oxygens (including phenoxy) is 1. The lowest BCUT2D eigenvalue weighted by Gasteiger charge is -2.40. The number of hydrogen-bond donors (Lipinski definition) is 0. The molecule has 126 valence electrons. The van der Waals surface area contributed by atoms with Crippen LogP contribution in [0.5, 0.6) is 0 Å². The summed E-state index contributed by atoms with van der Waals surface area (Å²) in [6.07, 6.45) is 1.42. The SMILES string of the molecule is C=C/C(C)=C(/O[Si](C)(C)C(C)(C)C)N1C(=O)OC[C@H]1C(C)C. The van der Waals surface area contributed by atoms with Crippen LogP contribution in [0.15, 0.2) is 24.1 Å². The highest BCUT2D eigenvalue weighted by molar-refractivity contribution is 6.74. The molecule has 22 heavy (non-hydrogen) atoms. The van der Waals surface area contributed by atoms with Crippen LogP contribution in [-0.4, -0.2) is 32.0 Å². The Kier molecular flexibility index (Phi) is 5.55. The normalized spacial score (nSPS) is 20.9. The van der Waals surface area contributed by atoms with Gasteiger partial charge in [-0.3, -0.25) is 0 Å². The lowest BCUT2D eigenvalue weighted by atomic mass is 10.0. The zero-order valence-corrected chi connectivity index (χ0v) is 16.3. The molecule has 0 bridgehead atoms. The Morgan fingerprint density at radius 2 is 2.00 bits per heavy atom. The first kappa shape index (κ1) is 18.8. The summed E-state index contributed by atoms with van der Waals surface area (Å²) in [7, 11) is -2.06. The highest BCUT2D eigenvalue weighted by atomic mass is 28.4. The molecule has 0 aliphatic carbocycles. The summed E-state index contributed by atoms with van der Waals surface area (Å²) in [6.45, 7) is 21.3. The number of carbonyl (C=O) groups excluding carboxylic acids is 1. The third-order valence-corrected chi connectivity index (χ3v) is 9.01. The monoisotopic (exact) mass is 325 g/mol. The fraction of sp³-hybridized carbons (Fsp3) is 0.706. The fourth-order valence-electron chi connectivity index (χ4n) is 1.96. The van der Waals surface area contributed by atoms with Crippen LogP contribution in [0.3, 0.4) is 0 Å². The van der Waals surface area contributed by atoms with E-state index in [-0.39, 0.29) is 17.2 Å². The Hall–Kier alpha value is -1.23. The molecule has 5 heteroatoms. The molecule has 1 heterocycles. The summed E-state index contributed by atoms with van der Waals surface area (Å²) in [5.74, 6) is 0.907. The van der Waals surface area contributed by atoms with E-state index in [1.54, 1.807) is 11.0 Å². The number of amides is 1. The fourth-order valence-corrected chi connectivity index (χ4v) is 3.01. The van der Waals surface area contributed by atoms with Gasteiger partial charge in [-0.15, -0.1) is 0 Å². The number of allylic oxidation sites excluding steroid dienone is 2. The summed E-state index contributed by atoms with van der Waals surface area (Å²) in [4.78, 5) is 13.9. The molecular weight excluding hydrogens is 294 g/mol. The molecule has 0 spiro atoms. The standard InChI is InChI=1S/C17H31NO3Si/c1-10-13(4)15(21-22(8,9)17(5,6)7)18-14(12(2)3)11-20-16(18)19/h10,12,14H,1,11H2,2-9H3/b15-13+/t14-/m0/s1. The van der Waals surface area contributed by atoms with Crippen LogP contribution in [-0.2, 0) is 9.16 Å². The second-order valence-electron chi connectivity index (χ2n) is 7.81. The molecule has 4 nitrogen and oxygen atoms in total. The topological polar surface area (TPSA) is 38.8 Å². The predicted octanol–water partition coefficient (Wildman–Crippen LogP) is 4.90. The Labute approximate surface area is 136 Å². The second-order valence-corrected chi connectivity index (χ2v) is 12.5. The molecule has 1 aliphatic rings. The molecule has 1 aliphatic heterocycles. The third-order valence-electron chi connectivity index (χ3n) is 4.70. The van der Waals surface area contributed by atoms with Gasteiger partial charge < -0.3 is 9.16 Å². The Bertz CT molecular complexity index is 475. The zero-order chi connectivity index (χ0) is 17.3. The van der Waals surface area contributed by atoms with Crippen LogP contribution in [0.25, 0.3) is 0 Å². The van der Waals surface area contributed by atoms with Gasteiger partial charge in [0, 0.05) is 5.57 Å². The lowest BCUT2D eigenvalue weighted by Crippen LogP contribution is -2.46. The first-order valence-corrected chi connectivity index (χ1v) is 10.8. The van der Waals surface area contributed by atoms with Gasteiger partial charge in [0.1, 0.15) is 6.61 Å². The van der Waals surface area contributed by atoms with Gasteiger partial charge in [-0.25, -0.2) is 9.69 Å². The molecule has 0 saturated carbocycles. The van der Waals surface area contributed by atoms with Gasteiger partial charge in [0.15, 0.2) is 5.88 Å². The third kappa shape index (κ3) is 3.75. The van der Waals surface area contributed by atoms with Crippen molar-refractivity contribution in [3.05, 3.63) is 24.1 Å². The van der Waals surface area contributed by atoms with E-state index in [1.165, 1.54) is 0 Å². The van der Waals surface area contributed by atoms with E-state index in [9.17, 15) is 4.79 Å². The van der Waals surface area contributed by atoms with Gasteiger partial charge in [0.05, 0.1) is 6.04 Å². The summed E-state index contributed by atoms with van der Waals surface area (Å²) < 4.78 is 11.7. The quantitative estimate of drug-likeness (QED) is 0.410. The van der Waals surface area contributed by atoms with Gasteiger partial charge in [-0.05, 0) is 31.0 Å². The number of hydrogen-bond acceptors (Lipinski definition) is 3. The van der Waals surface area contributed by atoms with Crippen LogP contribution in [0, 0.1) is 5.92 Å². The van der Waals surface area contributed by atoms with Crippen molar-refractivity contribution >= 4 is 14.4 Å². The van der Waals surface area contributed by atoms with Crippen LogP contribution in [0.4, 0.5) is 4.79 Å². The molecular formula is C17H31NO3Si. The predicted molar refractivity (Wildman–Crippen MR) is 93.0 cm³/mol. The van der Waals surface area contributed by atoms with E-state index < -0.39 is 8.32 Å². The zero-order valence-electron chi connectivity index (χ0n) is 15.3. The molecule has 0 N–H and O–H groups in total. The Balaban J connectivity index is 3.26. The average molecular weight is 326 g/mol. The maximum absolute atomic E-state index is 12.3. The molecule has 1 rings (SSSR count). The highest BCUT2D eigenvalue weighted by Gasteiger charge is 2.44. The summed E-state index contributed by atoms with van der Waals surface area (Å²) in [5, 5.41) is 0.0522. The lowest BCUT2D eigenvalue weighted by molar-refractivity contribution is 0.146. The van der Waals surface area contributed by atoms with E-state index in [1.807, 2.05) is 6.92 Å². The molecule has 0 radical (unpaired) electrons. The van der Waals surface area contributed by atoms with Gasteiger partial charge in [-0.1, -0.05) is 47.3 Å². The van der Waals surface area contributed by atoms with Crippen molar-refractivity contribution < 1.29 is 14.0 Å². The minimum absolute atomic E-state index is 0.00201. The van der Waals surface area contributed by atoms with Crippen LogP contribution >= 0.6 is 0 Å². The van der Waals surface area contributed by atoms with Crippen molar-refractivity contribution in [3.63, 3.8) is 0 Å². The maximum Gasteiger partial charge on any atom is 0.417 e. The van der Waals surface area contributed by atoms with E-state index in [0.717, 1.165) is 5.57 Å². The summed E-state index contributed by atoms with van der Waals surface area (Å²) in [5.41, 5.74) is 0.870. The number of nitrogens with zero attached hydrogens (tertiary/aromatic N) is 1. The number of carbonyl (C=O) groups is 1. The molecule has 0 aromatic heterocycles. The maximum atomic E-state index is 12.3. The molecule has 1 fully saturated rings. The molecule has 1 amide bonds. The smallest absolute Gasteiger partial charge is 0.417 e. The van der Waals surface area contributed by atoms with E-state index in [4.69, 9.17) is 9.16 Å². The van der Waals surface area contributed by atoms with E-state index in [2.05, 4.69) is 54.3 Å². The minimum atomic E-state index is -2.06. The summed E-state index contributed by atoms with van der Waals surface area (Å²) >= 11 is 0. The average Bonchev–Trinajstić information content (AvgIpc) is 2.75. The molecule has 0 unspecified atom stereocenters.